The van der Waals surface area contributed by atoms with Crippen LogP contribution in [0.2, 0.25) is 0 Å². The molecule has 1 atom stereocenters. The van der Waals surface area contributed by atoms with Crippen LogP contribution in [0.1, 0.15) is 6.92 Å². The molecule has 0 fully saturated rings. The highest BCUT2D eigenvalue weighted by molar-refractivity contribution is 9.09. The van der Waals surface area contributed by atoms with Crippen LogP contribution in [0.25, 0.3) is 0 Å². The summed E-state index contributed by atoms with van der Waals surface area (Å²) in [4.78, 5) is 2.28. The Kier molecular flexibility index (Phi) is 5.73. The van der Waals surface area contributed by atoms with Gasteiger partial charge in [-0.2, -0.15) is 0 Å². The molecule has 0 saturated heterocycles. The molecule has 1 aromatic carbocycles. The number of alkyl halides is 1. The van der Waals surface area contributed by atoms with E-state index < -0.39 is 0 Å². The van der Waals surface area contributed by atoms with Gasteiger partial charge in [-0.05, 0) is 26.1 Å². The van der Waals surface area contributed by atoms with Gasteiger partial charge in [-0.25, -0.2) is 0 Å². The molecule has 0 saturated carbocycles. The van der Waals surface area contributed by atoms with E-state index in [1.165, 1.54) is 0 Å². The zero-order valence-corrected chi connectivity index (χ0v) is 10.9. The zero-order chi connectivity index (χ0) is 11.1. The molecule has 15 heavy (non-hydrogen) atoms. The summed E-state index contributed by atoms with van der Waals surface area (Å²) in [6, 6.07) is 10.5. The second kappa shape index (κ2) is 6.85. The minimum absolute atomic E-state index is 0.546. The van der Waals surface area contributed by atoms with Gasteiger partial charge in [0.05, 0.1) is 0 Å². The maximum Gasteiger partial charge on any atom is 0.119 e. The molecule has 0 aromatic heterocycles. The Bertz CT molecular complexity index is 266. The number of nitrogens with zero attached hydrogens (tertiary/aromatic N) is 1. The lowest BCUT2D eigenvalue weighted by Crippen LogP contribution is -2.33. The van der Waals surface area contributed by atoms with Gasteiger partial charge >= 0.3 is 0 Å². The highest BCUT2D eigenvalue weighted by Crippen LogP contribution is 2.08. The Labute approximate surface area is 100 Å². The summed E-state index contributed by atoms with van der Waals surface area (Å²) in [5.41, 5.74) is 0. The van der Waals surface area contributed by atoms with E-state index in [0.29, 0.717) is 6.04 Å². The molecule has 0 spiro atoms. The van der Waals surface area contributed by atoms with Gasteiger partial charge in [0.25, 0.3) is 0 Å². The van der Waals surface area contributed by atoms with Crippen LogP contribution in [0.4, 0.5) is 0 Å². The lowest BCUT2D eigenvalue weighted by molar-refractivity contribution is 0.211. The van der Waals surface area contributed by atoms with E-state index in [0.717, 1.165) is 24.2 Å². The maximum absolute atomic E-state index is 5.61. The molecular formula is C12H18BrNO. The van der Waals surface area contributed by atoms with E-state index in [1.54, 1.807) is 0 Å². The number of hydrogen-bond donors (Lipinski definition) is 0. The number of halogens is 1. The average molecular weight is 272 g/mol. The summed E-state index contributed by atoms with van der Waals surface area (Å²) < 4.78 is 5.61. The molecule has 0 amide bonds. The quantitative estimate of drug-likeness (QED) is 0.738. The molecular weight excluding hydrogens is 254 g/mol. The Morgan fingerprint density at radius 1 is 1.33 bits per heavy atom. The van der Waals surface area contributed by atoms with E-state index >= 15 is 0 Å². The smallest absolute Gasteiger partial charge is 0.119 e. The van der Waals surface area contributed by atoms with E-state index in [9.17, 15) is 0 Å². The van der Waals surface area contributed by atoms with Crippen molar-refractivity contribution in [3.8, 4) is 5.75 Å². The largest absolute Gasteiger partial charge is 0.492 e. The van der Waals surface area contributed by atoms with Gasteiger partial charge in [0.15, 0.2) is 0 Å². The third-order valence-corrected chi connectivity index (χ3v) is 3.37. The number of ether oxygens (including phenoxy) is 1. The molecule has 0 aliphatic carbocycles. The molecule has 1 rings (SSSR count). The lowest BCUT2D eigenvalue weighted by Gasteiger charge is -2.22. The Morgan fingerprint density at radius 2 is 2.00 bits per heavy atom. The van der Waals surface area contributed by atoms with Crippen molar-refractivity contribution in [2.24, 2.45) is 0 Å². The second-order valence-corrected chi connectivity index (χ2v) is 4.29. The first-order chi connectivity index (χ1) is 7.24. The second-order valence-electron chi connectivity index (χ2n) is 3.65. The van der Waals surface area contributed by atoms with Crippen molar-refractivity contribution >= 4 is 15.9 Å². The predicted octanol–water partition coefficient (Wildman–Crippen LogP) is 2.78. The molecule has 0 radical (unpaired) electrons. The predicted molar refractivity (Wildman–Crippen MR) is 67.8 cm³/mol. The number of likely N-dealkylation sites (N-methyl/N-ethyl adjacent to an activating group) is 1. The SMILES string of the molecule is CC(CBr)N(C)CCOc1ccccc1. The standard InChI is InChI=1S/C12H18BrNO/c1-11(10-13)14(2)8-9-15-12-6-4-3-5-7-12/h3-7,11H,8-10H2,1-2H3. The normalized spacial score (nSPS) is 12.8. The molecule has 0 N–H and O–H groups in total. The molecule has 1 aromatic rings. The van der Waals surface area contributed by atoms with Gasteiger partial charge in [-0.15, -0.1) is 0 Å². The van der Waals surface area contributed by atoms with Crippen molar-refractivity contribution in [3.63, 3.8) is 0 Å². The molecule has 0 aliphatic rings. The lowest BCUT2D eigenvalue weighted by atomic mass is 10.3. The maximum atomic E-state index is 5.61. The van der Waals surface area contributed by atoms with Crippen LogP contribution in [0.5, 0.6) is 5.75 Å². The van der Waals surface area contributed by atoms with Crippen molar-refractivity contribution in [3.05, 3.63) is 30.3 Å². The fourth-order valence-electron chi connectivity index (χ4n) is 1.16. The van der Waals surface area contributed by atoms with Gasteiger partial charge in [-0.3, -0.25) is 4.90 Å². The highest BCUT2D eigenvalue weighted by atomic mass is 79.9. The Balaban J connectivity index is 2.22. The van der Waals surface area contributed by atoms with Gasteiger partial charge in [0, 0.05) is 17.9 Å². The summed E-state index contributed by atoms with van der Waals surface area (Å²) in [6.07, 6.45) is 0. The van der Waals surface area contributed by atoms with Gasteiger partial charge in [0.1, 0.15) is 12.4 Å². The minimum atomic E-state index is 0.546. The first kappa shape index (κ1) is 12.5. The van der Waals surface area contributed by atoms with Gasteiger partial charge in [0.2, 0.25) is 0 Å². The minimum Gasteiger partial charge on any atom is -0.492 e. The van der Waals surface area contributed by atoms with Crippen molar-refractivity contribution in [2.75, 3.05) is 25.5 Å². The first-order valence-electron chi connectivity index (χ1n) is 5.18. The molecule has 0 aliphatic heterocycles. The summed E-state index contributed by atoms with van der Waals surface area (Å²) in [5, 5.41) is 0.995. The zero-order valence-electron chi connectivity index (χ0n) is 9.32. The summed E-state index contributed by atoms with van der Waals surface area (Å²) in [5.74, 6) is 0.942. The molecule has 0 heterocycles. The fraction of sp³-hybridized carbons (Fsp3) is 0.500. The Hall–Kier alpha value is -0.540. The van der Waals surface area contributed by atoms with Crippen LogP contribution in [-0.2, 0) is 0 Å². The molecule has 1 unspecified atom stereocenters. The number of benzene rings is 1. The molecule has 84 valence electrons. The van der Waals surface area contributed by atoms with E-state index in [2.05, 4.69) is 34.8 Å². The third-order valence-electron chi connectivity index (χ3n) is 2.43. The van der Waals surface area contributed by atoms with Gasteiger partial charge in [-0.1, -0.05) is 34.1 Å². The third kappa shape index (κ3) is 4.67. The van der Waals surface area contributed by atoms with Gasteiger partial charge < -0.3 is 4.74 Å². The van der Waals surface area contributed by atoms with Crippen molar-refractivity contribution in [1.29, 1.82) is 0 Å². The molecule has 0 bridgehead atoms. The molecule has 2 nitrogen and oxygen atoms in total. The van der Waals surface area contributed by atoms with Crippen LogP contribution < -0.4 is 4.74 Å². The van der Waals surface area contributed by atoms with E-state index in [1.807, 2.05) is 30.3 Å². The van der Waals surface area contributed by atoms with Crippen molar-refractivity contribution < 1.29 is 4.74 Å². The van der Waals surface area contributed by atoms with E-state index in [-0.39, 0.29) is 0 Å². The average Bonchev–Trinajstić information content (AvgIpc) is 2.29. The monoisotopic (exact) mass is 271 g/mol. The summed E-state index contributed by atoms with van der Waals surface area (Å²) in [7, 11) is 2.11. The number of rotatable bonds is 6. The topological polar surface area (TPSA) is 12.5 Å². The summed E-state index contributed by atoms with van der Waals surface area (Å²) >= 11 is 3.47. The van der Waals surface area contributed by atoms with Crippen LogP contribution in [0.15, 0.2) is 30.3 Å². The highest BCUT2D eigenvalue weighted by Gasteiger charge is 2.06. The first-order valence-corrected chi connectivity index (χ1v) is 6.30. The van der Waals surface area contributed by atoms with Crippen LogP contribution >= 0.6 is 15.9 Å². The number of para-hydroxylation sites is 1. The van der Waals surface area contributed by atoms with Crippen molar-refractivity contribution in [2.45, 2.75) is 13.0 Å². The number of hydrogen-bond acceptors (Lipinski definition) is 2. The van der Waals surface area contributed by atoms with Crippen LogP contribution in [0.3, 0.4) is 0 Å². The van der Waals surface area contributed by atoms with Crippen LogP contribution in [-0.4, -0.2) is 36.5 Å². The molecule has 3 heteroatoms. The Morgan fingerprint density at radius 3 is 2.60 bits per heavy atom. The van der Waals surface area contributed by atoms with Crippen LogP contribution in [0, 0.1) is 0 Å². The van der Waals surface area contributed by atoms with Crippen molar-refractivity contribution in [1.82, 2.24) is 4.90 Å². The van der Waals surface area contributed by atoms with E-state index in [4.69, 9.17) is 4.74 Å². The fourth-order valence-corrected chi connectivity index (χ4v) is 1.66. The summed E-state index contributed by atoms with van der Waals surface area (Å²) in [6.45, 7) is 3.87.